The lowest BCUT2D eigenvalue weighted by Gasteiger charge is -2.05. The van der Waals surface area contributed by atoms with Crippen LogP contribution < -0.4 is 0 Å². The number of rotatable bonds is 4. The van der Waals surface area contributed by atoms with E-state index in [1.54, 1.807) is 17.8 Å². The number of thioether (sulfide) groups is 1. The predicted octanol–water partition coefficient (Wildman–Crippen LogP) is 5.68. The molecule has 0 spiro atoms. The Kier molecular flexibility index (Phi) is 5.10. The van der Waals surface area contributed by atoms with Gasteiger partial charge in [0.25, 0.3) is 0 Å². The molecule has 0 N–H and O–H groups in total. The van der Waals surface area contributed by atoms with Crippen molar-refractivity contribution in [2.24, 2.45) is 0 Å². The molecular weight excluding hydrogens is 335 g/mol. The molecule has 0 saturated carbocycles. The van der Waals surface area contributed by atoms with Gasteiger partial charge < -0.3 is 0 Å². The van der Waals surface area contributed by atoms with Crippen LogP contribution in [0, 0.1) is 5.82 Å². The Balaban J connectivity index is 1.94. The number of hydrogen-bond acceptors (Lipinski definition) is 1. The maximum Gasteiger partial charge on any atom is 0.124 e. The molecule has 0 aliphatic rings. The van der Waals surface area contributed by atoms with E-state index in [9.17, 15) is 4.39 Å². The summed E-state index contributed by atoms with van der Waals surface area (Å²) in [7, 11) is 0. The molecule has 0 amide bonds. The fraction of sp³-hybridized carbons (Fsp3) is 0.143. The molecule has 0 atom stereocenters. The number of benzene rings is 2. The molecule has 0 aliphatic heterocycles. The Labute approximate surface area is 124 Å². The molecule has 0 saturated heterocycles. The van der Waals surface area contributed by atoms with Gasteiger partial charge >= 0.3 is 0 Å². The fourth-order valence-electron chi connectivity index (χ4n) is 1.59. The van der Waals surface area contributed by atoms with E-state index in [1.807, 2.05) is 30.3 Å². The predicted molar refractivity (Wildman–Crippen MR) is 80.6 cm³/mol. The summed E-state index contributed by atoms with van der Waals surface area (Å²) in [5, 5.41) is 0.783. The molecule has 2 aromatic rings. The van der Waals surface area contributed by atoms with Gasteiger partial charge in [0.15, 0.2) is 0 Å². The summed E-state index contributed by atoms with van der Waals surface area (Å²) in [5.41, 5.74) is 2.08. The van der Waals surface area contributed by atoms with Crippen molar-refractivity contribution in [2.45, 2.75) is 11.5 Å². The van der Waals surface area contributed by atoms with Crippen molar-refractivity contribution >= 4 is 39.3 Å². The molecule has 0 unspecified atom stereocenters. The molecule has 18 heavy (non-hydrogen) atoms. The third-order valence-corrected chi connectivity index (χ3v) is 4.29. The highest BCUT2D eigenvalue weighted by Crippen LogP contribution is 2.24. The van der Waals surface area contributed by atoms with Gasteiger partial charge in [-0.05, 0) is 35.4 Å². The van der Waals surface area contributed by atoms with E-state index in [4.69, 9.17) is 11.6 Å². The molecule has 2 aromatic carbocycles. The molecule has 94 valence electrons. The zero-order valence-electron chi connectivity index (χ0n) is 9.50. The molecule has 2 rings (SSSR count). The lowest BCUT2D eigenvalue weighted by molar-refractivity contribution is 0.625. The Morgan fingerprint density at radius 3 is 2.61 bits per heavy atom. The fourth-order valence-corrected chi connectivity index (χ4v) is 3.36. The van der Waals surface area contributed by atoms with Gasteiger partial charge in [-0.2, -0.15) is 11.8 Å². The first-order valence-electron chi connectivity index (χ1n) is 5.41. The van der Waals surface area contributed by atoms with Gasteiger partial charge in [0.1, 0.15) is 5.82 Å². The van der Waals surface area contributed by atoms with E-state index in [2.05, 4.69) is 15.9 Å². The third kappa shape index (κ3) is 4.01. The van der Waals surface area contributed by atoms with Crippen molar-refractivity contribution in [2.75, 3.05) is 0 Å². The van der Waals surface area contributed by atoms with Crippen LogP contribution in [0.15, 0.2) is 46.9 Å². The minimum Gasteiger partial charge on any atom is -0.207 e. The van der Waals surface area contributed by atoms with Crippen LogP contribution in [0.1, 0.15) is 11.1 Å². The summed E-state index contributed by atoms with van der Waals surface area (Å²) in [6.07, 6.45) is 0. The van der Waals surface area contributed by atoms with Crippen molar-refractivity contribution in [1.29, 1.82) is 0 Å². The zero-order valence-corrected chi connectivity index (χ0v) is 12.7. The third-order valence-electron chi connectivity index (χ3n) is 2.41. The summed E-state index contributed by atoms with van der Waals surface area (Å²) >= 11 is 11.1. The second-order valence-corrected chi connectivity index (χ2v) is 6.17. The van der Waals surface area contributed by atoms with E-state index in [1.165, 1.54) is 6.07 Å². The van der Waals surface area contributed by atoms with Crippen LogP contribution in [-0.2, 0) is 11.5 Å². The monoisotopic (exact) mass is 344 g/mol. The topological polar surface area (TPSA) is 0 Å². The van der Waals surface area contributed by atoms with Crippen molar-refractivity contribution in [3.63, 3.8) is 0 Å². The van der Waals surface area contributed by atoms with Crippen LogP contribution >= 0.6 is 39.3 Å². The Bertz CT molecular complexity index is 525. The maximum atomic E-state index is 13.2. The summed E-state index contributed by atoms with van der Waals surface area (Å²) in [6.45, 7) is 0. The standard InChI is InChI=1S/C14H11BrClFS/c15-12-5-10(6-13(17)7-12)8-18-9-11-3-1-2-4-14(11)16/h1-7H,8-9H2. The largest absolute Gasteiger partial charge is 0.207 e. The first kappa shape index (κ1) is 13.9. The van der Waals surface area contributed by atoms with Gasteiger partial charge in [-0.15, -0.1) is 0 Å². The molecule has 0 radical (unpaired) electrons. The van der Waals surface area contributed by atoms with Crippen LogP contribution in [0.5, 0.6) is 0 Å². The average molecular weight is 346 g/mol. The molecule has 4 heteroatoms. The Morgan fingerprint density at radius 1 is 1.11 bits per heavy atom. The lowest BCUT2D eigenvalue weighted by atomic mass is 10.2. The van der Waals surface area contributed by atoms with Crippen LogP contribution in [0.3, 0.4) is 0 Å². The van der Waals surface area contributed by atoms with E-state index in [0.29, 0.717) is 0 Å². The van der Waals surface area contributed by atoms with E-state index < -0.39 is 0 Å². The second-order valence-electron chi connectivity index (χ2n) is 3.86. The molecule has 0 fully saturated rings. The molecule has 0 bridgehead atoms. The highest BCUT2D eigenvalue weighted by atomic mass is 79.9. The van der Waals surface area contributed by atoms with Gasteiger partial charge in [-0.3, -0.25) is 0 Å². The van der Waals surface area contributed by atoms with Crippen molar-refractivity contribution in [3.05, 3.63) is 68.9 Å². The van der Waals surface area contributed by atoms with Crippen LogP contribution in [0.2, 0.25) is 5.02 Å². The van der Waals surface area contributed by atoms with Gasteiger partial charge in [-0.1, -0.05) is 45.7 Å². The van der Waals surface area contributed by atoms with Gasteiger partial charge in [0.05, 0.1) is 0 Å². The lowest BCUT2D eigenvalue weighted by Crippen LogP contribution is -1.86. The van der Waals surface area contributed by atoms with Crippen molar-refractivity contribution in [1.82, 2.24) is 0 Å². The second kappa shape index (κ2) is 6.60. The summed E-state index contributed by atoms with van der Waals surface area (Å²) < 4.78 is 14.0. The van der Waals surface area contributed by atoms with Crippen LogP contribution in [-0.4, -0.2) is 0 Å². The zero-order chi connectivity index (χ0) is 13.0. The Hall–Kier alpha value is -0.510. The minimum absolute atomic E-state index is 0.210. The van der Waals surface area contributed by atoms with Gasteiger partial charge in [0.2, 0.25) is 0 Å². The minimum atomic E-state index is -0.210. The smallest absolute Gasteiger partial charge is 0.124 e. The molecule has 0 heterocycles. The average Bonchev–Trinajstić information content (AvgIpc) is 2.30. The number of hydrogen-bond donors (Lipinski definition) is 0. The van der Waals surface area contributed by atoms with E-state index >= 15 is 0 Å². The van der Waals surface area contributed by atoms with Gasteiger partial charge in [0, 0.05) is 21.0 Å². The quantitative estimate of drug-likeness (QED) is 0.687. The van der Waals surface area contributed by atoms with E-state index in [-0.39, 0.29) is 5.82 Å². The molecule has 0 aliphatic carbocycles. The van der Waals surface area contributed by atoms with Gasteiger partial charge in [-0.25, -0.2) is 4.39 Å². The molecule has 0 nitrogen and oxygen atoms in total. The Morgan fingerprint density at radius 2 is 1.89 bits per heavy atom. The first-order chi connectivity index (χ1) is 8.65. The molecular formula is C14H11BrClFS. The van der Waals surface area contributed by atoms with Crippen LogP contribution in [0.25, 0.3) is 0 Å². The van der Waals surface area contributed by atoms with Crippen molar-refractivity contribution < 1.29 is 4.39 Å². The maximum absolute atomic E-state index is 13.2. The number of halogens is 3. The summed E-state index contributed by atoms with van der Waals surface area (Å²) in [4.78, 5) is 0. The molecule has 0 aromatic heterocycles. The first-order valence-corrected chi connectivity index (χ1v) is 7.74. The van der Waals surface area contributed by atoms with Crippen LogP contribution in [0.4, 0.5) is 4.39 Å². The summed E-state index contributed by atoms with van der Waals surface area (Å²) in [6, 6.07) is 12.7. The SMILES string of the molecule is Fc1cc(Br)cc(CSCc2ccccc2Cl)c1. The van der Waals surface area contributed by atoms with E-state index in [0.717, 1.165) is 32.1 Å². The highest BCUT2D eigenvalue weighted by Gasteiger charge is 2.02. The van der Waals surface area contributed by atoms with Crippen molar-refractivity contribution in [3.8, 4) is 0 Å². The summed E-state index contributed by atoms with van der Waals surface area (Å²) in [5.74, 6) is 1.38. The highest BCUT2D eigenvalue weighted by molar-refractivity contribution is 9.10. The normalized spacial score (nSPS) is 10.6.